The standard InChI is InChI=1S/C13H13NO2/c1-3-16-13(15)11-7-9(2)12-10(8-11)5-4-6-14-12/h4-8H,3H2,1-2H3. The number of aryl methyl sites for hydroxylation is 1. The van der Waals surface area contributed by atoms with Crippen molar-refractivity contribution in [3.05, 3.63) is 41.6 Å². The van der Waals surface area contributed by atoms with Gasteiger partial charge in [-0.2, -0.15) is 0 Å². The first-order chi connectivity index (χ1) is 7.72. The summed E-state index contributed by atoms with van der Waals surface area (Å²) in [7, 11) is 0. The SMILES string of the molecule is CCOC(=O)c1cc(C)c2ncccc2c1. The highest BCUT2D eigenvalue weighted by atomic mass is 16.5. The van der Waals surface area contributed by atoms with Crippen LogP contribution in [0.25, 0.3) is 10.9 Å². The third-order valence-corrected chi connectivity index (χ3v) is 2.41. The first kappa shape index (κ1) is 10.6. The first-order valence-corrected chi connectivity index (χ1v) is 5.25. The fraction of sp³-hybridized carbons (Fsp3) is 0.231. The maximum Gasteiger partial charge on any atom is 0.338 e. The van der Waals surface area contributed by atoms with Crippen molar-refractivity contribution in [1.82, 2.24) is 4.98 Å². The smallest absolute Gasteiger partial charge is 0.338 e. The molecule has 0 aliphatic carbocycles. The summed E-state index contributed by atoms with van der Waals surface area (Å²) in [6.07, 6.45) is 1.75. The molecule has 0 amide bonds. The molecule has 0 fully saturated rings. The van der Waals surface area contributed by atoms with Gasteiger partial charge in [0.05, 0.1) is 17.7 Å². The molecule has 16 heavy (non-hydrogen) atoms. The summed E-state index contributed by atoms with van der Waals surface area (Å²) in [6.45, 7) is 4.13. The molecule has 0 bridgehead atoms. The summed E-state index contributed by atoms with van der Waals surface area (Å²) in [4.78, 5) is 15.9. The average molecular weight is 215 g/mol. The molecular weight excluding hydrogens is 202 g/mol. The third-order valence-electron chi connectivity index (χ3n) is 2.41. The van der Waals surface area contributed by atoms with Gasteiger partial charge in [0.2, 0.25) is 0 Å². The summed E-state index contributed by atoms with van der Waals surface area (Å²) in [5.41, 5.74) is 2.50. The van der Waals surface area contributed by atoms with Gasteiger partial charge in [-0.3, -0.25) is 4.98 Å². The molecule has 3 nitrogen and oxygen atoms in total. The highest BCUT2D eigenvalue weighted by molar-refractivity contribution is 5.95. The number of esters is 1. The Kier molecular flexibility index (Phi) is 2.86. The van der Waals surface area contributed by atoms with Gasteiger partial charge in [-0.15, -0.1) is 0 Å². The molecule has 3 heteroatoms. The Bertz CT molecular complexity index is 534. The van der Waals surface area contributed by atoms with Crippen LogP contribution in [0.15, 0.2) is 30.5 Å². The summed E-state index contributed by atoms with van der Waals surface area (Å²) in [5.74, 6) is -0.281. The molecule has 82 valence electrons. The van der Waals surface area contributed by atoms with E-state index in [1.54, 1.807) is 13.1 Å². The monoisotopic (exact) mass is 215 g/mol. The van der Waals surface area contributed by atoms with Crippen LogP contribution in [0.5, 0.6) is 0 Å². The van der Waals surface area contributed by atoms with Crippen molar-refractivity contribution in [2.24, 2.45) is 0 Å². The van der Waals surface area contributed by atoms with Gasteiger partial charge in [0.15, 0.2) is 0 Å². The fourth-order valence-electron chi connectivity index (χ4n) is 1.71. The van der Waals surface area contributed by atoms with E-state index >= 15 is 0 Å². The van der Waals surface area contributed by atoms with Crippen molar-refractivity contribution >= 4 is 16.9 Å². The lowest BCUT2D eigenvalue weighted by molar-refractivity contribution is 0.0526. The number of nitrogens with zero attached hydrogens (tertiary/aromatic N) is 1. The van der Waals surface area contributed by atoms with Gasteiger partial charge in [-0.1, -0.05) is 6.07 Å². The number of carbonyl (C=O) groups is 1. The lowest BCUT2D eigenvalue weighted by Gasteiger charge is -2.05. The fourth-order valence-corrected chi connectivity index (χ4v) is 1.71. The minimum atomic E-state index is -0.281. The predicted molar refractivity (Wildman–Crippen MR) is 62.4 cm³/mol. The molecule has 1 heterocycles. The van der Waals surface area contributed by atoms with Gasteiger partial charge in [-0.25, -0.2) is 4.79 Å². The zero-order valence-electron chi connectivity index (χ0n) is 9.36. The molecule has 1 aromatic carbocycles. The van der Waals surface area contributed by atoms with E-state index in [1.807, 2.05) is 31.2 Å². The maximum absolute atomic E-state index is 11.6. The number of benzene rings is 1. The molecule has 2 aromatic rings. The van der Waals surface area contributed by atoms with E-state index in [2.05, 4.69) is 4.98 Å². The van der Waals surface area contributed by atoms with Gasteiger partial charge < -0.3 is 4.74 Å². The van der Waals surface area contributed by atoms with E-state index in [1.165, 1.54) is 0 Å². The van der Waals surface area contributed by atoms with Crippen LogP contribution in [0.3, 0.4) is 0 Å². The lowest BCUT2D eigenvalue weighted by Crippen LogP contribution is -2.05. The number of rotatable bonds is 2. The second-order valence-electron chi connectivity index (χ2n) is 3.59. The van der Waals surface area contributed by atoms with Crippen LogP contribution in [-0.2, 0) is 4.74 Å². The summed E-state index contributed by atoms with van der Waals surface area (Å²) < 4.78 is 4.97. The first-order valence-electron chi connectivity index (χ1n) is 5.25. The van der Waals surface area contributed by atoms with E-state index in [4.69, 9.17) is 4.74 Å². The molecular formula is C13H13NO2. The van der Waals surface area contributed by atoms with E-state index in [0.29, 0.717) is 12.2 Å². The van der Waals surface area contributed by atoms with Gasteiger partial charge in [-0.05, 0) is 37.6 Å². The Morgan fingerprint density at radius 2 is 2.25 bits per heavy atom. The van der Waals surface area contributed by atoms with Gasteiger partial charge in [0.1, 0.15) is 0 Å². The summed E-state index contributed by atoms with van der Waals surface area (Å²) >= 11 is 0. The number of carbonyl (C=O) groups excluding carboxylic acids is 1. The Balaban J connectivity index is 2.53. The van der Waals surface area contributed by atoms with Crippen LogP contribution in [0.4, 0.5) is 0 Å². The topological polar surface area (TPSA) is 39.2 Å². The molecule has 0 atom stereocenters. The minimum Gasteiger partial charge on any atom is -0.462 e. The minimum absolute atomic E-state index is 0.281. The van der Waals surface area contributed by atoms with Gasteiger partial charge in [0, 0.05) is 11.6 Å². The third kappa shape index (κ3) is 1.89. The summed E-state index contributed by atoms with van der Waals surface area (Å²) in [5, 5.41) is 0.963. The molecule has 2 rings (SSSR count). The Morgan fingerprint density at radius 3 is 3.00 bits per heavy atom. The normalized spacial score (nSPS) is 10.4. The summed E-state index contributed by atoms with van der Waals surface area (Å²) in [6, 6.07) is 7.43. The van der Waals surface area contributed by atoms with Crippen molar-refractivity contribution in [2.75, 3.05) is 6.61 Å². The largest absolute Gasteiger partial charge is 0.462 e. The number of ether oxygens (including phenoxy) is 1. The van der Waals surface area contributed by atoms with Crippen LogP contribution >= 0.6 is 0 Å². The highest BCUT2D eigenvalue weighted by Gasteiger charge is 2.09. The highest BCUT2D eigenvalue weighted by Crippen LogP contribution is 2.18. The van der Waals surface area contributed by atoms with Crippen molar-refractivity contribution < 1.29 is 9.53 Å². The van der Waals surface area contributed by atoms with Crippen LogP contribution in [0.2, 0.25) is 0 Å². The number of aromatic nitrogens is 1. The molecule has 0 N–H and O–H groups in total. The molecule has 0 aliphatic heterocycles. The van der Waals surface area contributed by atoms with Crippen LogP contribution in [-0.4, -0.2) is 17.6 Å². The maximum atomic E-state index is 11.6. The van der Waals surface area contributed by atoms with Crippen molar-refractivity contribution in [1.29, 1.82) is 0 Å². The van der Waals surface area contributed by atoms with E-state index < -0.39 is 0 Å². The number of hydrogen-bond donors (Lipinski definition) is 0. The Morgan fingerprint density at radius 1 is 1.44 bits per heavy atom. The average Bonchev–Trinajstić information content (AvgIpc) is 2.29. The van der Waals surface area contributed by atoms with Crippen LogP contribution in [0, 0.1) is 6.92 Å². The number of pyridine rings is 1. The van der Waals surface area contributed by atoms with Gasteiger partial charge >= 0.3 is 5.97 Å². The van der Waals surface area contributed by atoms with E-state index in [-0.39, 0.29) is 5.97 Å². The quantitative estimate of drug-likeness (QED) is 0.723. The Labute approximate surface area is 94.1 Å². The number of hydrogen-bond acceptors (Lipinski definition) is 3. The Hall–Kier alpha value is -1.90. The molecule has 0 saturated carbocycles. The molecule has 0 radical (unpaired) electrons. The lowest BCUT2D eigenvalue weighted by atomic mass is 10.1. The molecule has 0 aliphatic rings. The van der Waals surface area contributed by atoms with Crippen LogP contribution in [0.1, 0.15) is 22.8 Å². The molecule has 1 aromatic heterocycles. The van der Waals surface area contributed by atoms with Crippen molar-refractivity contribution in [2.45, 2.75) is 13.8 Å². The second kappa shape index (κ2) is 4.31. The second-order valence-corrected chi connectivity index (χ2v) is 3.59. The molecule has 0 saturated heterocycles. The zero-order valence-corrected chi connectivity index (χ0v) is 9.36. The van der Waals surface area contributed by atoms with Crippen molar-refractivity contribution in [3.63, 3.8) is 0 Å². The van der Waals surface area contributed by atoms with E-state index in [9.17, 15) is 4.79 Å². The predicted octanol–water partition coefficient (Wildman–Crippen LogP) is 2.72. The zero-order chi connectivity index (χ0) is 11.5. The van der Waals surface area contributed by atoms with Crippen molar-refractivity contribution in [3.8, 4) is 0 Å². The van der Waals surface area contributed by atoms with E-state index in [0.717, 1.165) is 16.5 Å². The molecule has 0 spiro atoms. The van der Waals surface area contributed by atoms with Crippen LogP contribution < -0.4 is 0 Å². The molecule has 0 unspecified atom stereocenters. The van der Waals surface area contributed by atoms with Gasteiger partial charge in [0.25, 0.3) is 0 Å². The number of fused-ring (bicyclic) bond motifs is 1.